The van der Waals surface area contributed by atoms with E-state index in [1.54, 1.807) is 17.5 Å². The largest absolute Gasteiger partial charge is 0.352 e. The van der Waals surface area contributed by atoms with E-state index in [1.165, 1.54) is 0 Å². The molecule has 2 amide bonds. The van der Waals surface area contributed by atoms with Crippen molar-refractivity contribution in [3.63, 3.8) is 0 Å². The molecule has 0 aliphatic carbocycles. The zero-order valence-electron chi connectivity index (χ0n) is 17.9. The fourth-order valence-corrected chi connectivity index (χ4v) is 4.76. The first-order chi connectivity index (χ1) is 15.1. The molecule has 31 heavy (non-hydrogen) atoms. The van der Waals surface area contributed by atoms with Gasteiger partial charge < -0.3 is 14.6 Å². The number of rotatable bonds is 8. The van der Waals surface area contributed by atoms with Gasteiger partial charge in [0.15, 0.2) is 0 Å². The van der Waals surface area contributed by atoms with E-state index in [0.29, 0.717) is 24.4 Å². The minimum absolute atomic E-state index is 0.0438. The molecule has 1 aliphatic rings. The fourth-order valence-electron chi connectivity index (χ4n) is 4.14. The average Bonchev–Trinajstić information content (AvgIpc) is 3.41. The number of aromatic nitrogens is 3. The van der Waals surface area contributed by atoms with Crippen molar-refractivity contribution >= 4 is 28.8 Å². The number of thiazole rings is 1. The van der Waals surface area contributed by atoms with Gasteiger partial charge in [0.05, 0.1) is 22.7 Å². The summed E-state index contributed by atoms with van der Waals surface area (Å²) in [6.07, 6.45) is 11.1. The van der Waals surface area contributed by atoms with Crippen molar-refractivity contribution in [2.24, 2.45) is 5.92 Å². The quantitative estimate of drug-likeness (QED) is 0.545. The predicted molar refractivity (Wildman–Crippen MR) is 121 cm³/mol. The molecule has 164 valence electrons. The Bertz CT molecular complexity index is 1040. The summed E-state index contributed by atoms with van der Waals surface area (Å²) in [5.74, 6) is 0.822. The molecule has 0 atom stereocenters. The van der Waals surface area contributed by atoms with Crippen LogP contribution in [-0.2, 0) is 11.2 Å². The molecule has 8 heteroatoms. The number of carbonyl (C=O) groups is 2. The van der Waals surface area contributed by atoms with E-state index in [2.05, 4.69) is 15.3 Å². The van der Waals surface area contributed by atoms with Gasteiger partial charge in [0.2, 0.25) is 5.91 Å². The summed E-state index contributed by atoms with van der Waals surface area (Å²) in [5, 5.41) is 6.00. The molecule has 0 spiro atoms. The Labute approximate surface area is 186 Å². The molecule has 0 aromatic carbocycles. The van der Waals surface area contributed by atoms with Gasteiger partial charge in [-0.3, -0.25) is 9.59 Å². The lowest BCUT2D eigenvalue weighted by Gasteiger charge is -2.32. The van der Waals surface area contributed by atoms with Crippen molar-refractivity contribution in [1.29, 1.82) is 0 Å². The molecule has 3 aromatic rings. The second kappa shape index (κ2) is 10.0. The van der Waals surface area contributed by atoms with Crippen LogP contribution in [0.5, 0.6) is 0 Å². The Balaban J connectivity index is 1.10. The first-order valence-corrected chi connectivity index (χ1v) is 11.9. The van der Waals surface area contributed by atoms with E-state index in [-0.39, 0.29) is 11.8 Å². The van der Waals surface area contributed by atoms with Gasteiger partial charge in [-0.2, -0.15) is 0 Å². The number of amides is 2. The van der Waals surface area contributed by atoms with Crippen LogP contribution in [0, 0.1) is 12.8 Å². The van der Waals surface area contributed by atoms with E-state index in [0.717, 1.165) is 61.5 Å². The molecule has 1 saturated heterocycles. The van der Waals surface area contributed by atoms with E-state index < -0.39 is 0 Å². The van der Waals surface area contributed by atoms with Gasteiger partial charge in [0.1, 0.15) is 5.65 Å². The fraction of sp³-hybridized carbons (Fsp3) is 0.478. The van der Waals surface area contributed by atoms with Crippen molar-refractivity contribution < 1.29 is 9.59 Å². The van der Waals surface area contributed by atoms with Gasteiger partial charge in [-0.05, 0) is 44.2 Å². The van der Waals surface area contributed by atoms with E-state index in [1.807, 2.05) is 46.1 Å². The summed E-state index contributed by atoms with van der Waals surface area (Å²) in [5.41, 5.74) is 2.37. The van der Waals surface area contributed by atoms with E-state index in [9.17, 15) is 9.59 Å². The van der Waals surface area contributed by atoms with Crippen LogP contribution >= 0.6 is 11.3 Å². The van der Waals surface area contributed by atoms with Crippen LogP contribution in [0.15, 0.2) is 36.1 Å². The SMILES string of the molecule is Cc1nc(CC(=O)N2CCC(CCCCNC(=O)c3ccc4nccn4c3)CC2)cs1. The summed E-state index contributed by atoms with van der Waals surface area (Å²) in [7, 11) is 0. The highest BCUT2D eigenvalue weighted by molar-refractivity contribution is 7.09. The zero-order chi connectivity index (χ0) is 21.6. The number of imidazole rings is 1. The smallest absolute Gasteiger partial charge is 0.252 e. The highest BCUT2D eigenvalue weighted by Gasteiger charge is 2.23. The number of aryl methyl sites for hydroxylation is 1. The van der Waals surface area contributed by atoms with Gasteiger partial charge in [-0.15, -0.1) is 11.3 Å². The van der Waals surface area contributed by atoms with Crippen molar-refractivity contribution in [2.45, 2.75) is 45.4 Å². The number of hydrogen-bond donors (Lipinski definition) is 1. The average molecular weight is 440 g/mol. The molecule has 0 radical (unpaired) electrons. The summed E-state index contributed by atoms with van der Waals surface area (Å²) in [6.45, 7) is 4.35. The first kappa shape index (κ1) is 21.5. The Morgan fingerprint density at radius 2 is 2.06 bits per heavy atom. The standard InChI is InChI=1S/C23H29N5O2S/c1-17-26-20(16-31-17)14-22(29)27-11-7-18(8-12-27)4-2-3-9-25-23(30)19-5-6-21-24-10-13-28(21)15-19/h5-6,10,13,15-16,18H,2-4,7-9,11-12,14H2,1H3,(H,25,30). The Morgan fingerprint density at radius 1 is 1.23 bits per heavy atom. The molecule has 1 fully saturated rings. The number of fused-ring (bicyclic) bond motifs is 1. The predicted octanol–water partition coefficient (Wildman–Crippen LogP) is 3.48. The lowest BCUT2D eigenvalue weighted by molar-refractivity contribution is -0.131. The number of nitrogens with one attached hydrogen (secondary N) is 1. The topological polar surface area (TPSA) is 79.6 Å². The lowest BCUT2D eigenvalue weighted by Crippen LogP contribution is -2.39. The van der Waals surface area contributed by atoms with E-state index in [4.69, 9.17) is 0 Å². The first-order valence-electron chi connectivity index (χ1n) is 11.0. The molecular weight excluding hydrogens is 410 g/mol. The molecule has 0 saturated carbocycles. The molecule has 0 bridgehead atoms. The van der Waals surface area contributed by atoms with Crippen molar-refractivity contribution in [2.75, 3.05) is 19.6 Å². The number of unbranched alkanes of at least 4 members (excludes halogenated alkanes) is 1. The summed E-state index contributed by atoms with van der Waals surface area (Å²) in [4.78, 5) is 35.4. The van der Waals surface area contributed by atoms with Crippen LogP contribution in [-0.4, -0.2) is 50.7 Å². The van der Waals surface area contributed by atoms with Crippen molar-refractivity contribution in [1.82, 2.24) is 24.6 Å². The Hall–Kier alpha value is -2.74. The molecule has 0 unspecified atom stereocenters. The highest BCUT2D eigenvalue weighted by atomic mass is 32.1. The second-order valence-corrected chi connectivity index (χ2v) is 9.28. The maximum absolute atomic E-state index is 12.5. The minimum Gasteiger partial charge on any atom is -0.352 e. The molecule has 1 aliphatic heterocycles. The third-order valence-corrected chi connectivity index (χ3v) is 6.76. The van der Waals surface area contributed by atoms with Gasteiger partial charge in [-0.25, -0.2) is 9.97 Å². The number of nitrogens with zero attached hydrogens (tertiary/aromatic N) is 4. The molecule has 4 rings (SSSR count). The third kappa shape index (κ3) is 5.70. The zero-order valence-corrected chi connectivity index (χ0v) is 18.7. The third-order valence-electron chi connectivity index (χ3n) is 5.94. The van der Waals surface area contributed by atoms with Crippen LogP contribution in [0.25, 0.3) is 5.65 Å². The van der Waals surface area contributed by atoms with Crippen LogP contribution in [0.3, 0.4) is 0 Å². The number of hydrogen-bond acceptors (Lipinski definition) is 5. The number of likely N-dealkylation sites (tertiary alicyclic amines) is 1. The van der Waals surface area contributed by atoms with Crippen LogP contribution in [0.4, 0.5) is 0 Å². The van der Waals surface area contributed by atoms with Gasteiger partial charge in [-0.1, -0.05) is 12.8 Å². The highest BCUT2D eigenvalue weighted by Crippen LogP contribution is 2.23. The molecule has 3 aromatic heterocycles. The minimum atomic E-state index is -0.0438. The van der Waals surface area contributed by atoms with Crippen LogP contribution in [0.2, 0.25) is 0 Å². The normalized spacial score (nSPS) is 14.8. The summed E-state index contributed by atoms with van der Waals surface area (Å²) >= 11 is 1.60. The van der Waals surface area contributed by atoms with Crippen LogP contribution < -0.4 is 5.32 Å². The summed E-state index contributed by atoms with van der Waals surface area (Å²) in [6, 6.07) is 3.66. The molecule has 4 heterocycles. The van der Waals surface area contributed by atoms with Crippen LogP contribution in [0.1, 0.15) is 53.2 Å². The summed E-state index contributed by atoms with van der Waals surface area (Å²) < 4.78 is 1.85. The lowest BCUT2D eigenvalue weighted by atomic mass is 9.91. The van der Waals surface area contributed by atoms with Gasteiger partial charge in [0, 0.05) is 43.6 Å². The monoisotopic (exact) mass is 439 g/mol. The maximum Gasteiger partial charge on any atom is 0.252 e. The second-order valence-electron chi connectivity index (χ2n) is 8.22. The number of piperidine rings is 1. The van der Waals surface area contributed by atoms with Gasteiger partial charge >= 0.3 is 0 Å². The van der Waals surface area contributed by atoms with Crippen molar-refractivity contribution in [3.8, 4) is 0 Å². The molecular formula is C23H29N5O2S. The molecule has 7 nitrogen and oxygen atoms in total. The number of pyridine rings is 1. The Kier molecular flexibility index (Phi) is 6.96. The van der Waals surface area contributed by atoms with Crippen molar-refractivity contribution in [3.05, 3.63) is 52.4 Å². The Morgan fingerprint density at radius 3 is 2.84 bits per heavy atom. The number of carbonyl (C=O) groups excluding carboxylic acids is 2. The van der Waals surface area contributed by atoms with Gasteiger partial charge in [0.25, 0.3) is 5.91 Å². The maximum atomic E-state index is 12.5. The molecule has 1 N–H and O–H groups in total. The van der Waals surface area contributed by atoms with E-state index >= 15 is 0 Å².